The van der Waals surface area contributed by atoms with Crippen LogP contribution < -0.4 is 9.75 Å². The number of methoxy groups -OCH3 is 1. The van der Waals surface area contributed by atoms with Crippen molar-refractivity contribution >= 4 is 46.0 Å². The predicted octanol–water partition coefficient (Wildman–Crippen LogP) is 4.02. The van der Waals surface area contributed by atoms with Gasteiger partial charge in [-0.15, -0.1) is 0 Å². The second-order valence-electron chi connectivity index (χ2n) is 6.53. The van der Waals surface area contributed by atoms with E-state index in [0.717, 1.165) is 30.0 Å². The third-order valence-corrected chi connectivity index (χ3v) is 7.67. The number of hydrogen-bond donors (Lipinski definition) is 0. The fraction of sp³-hybridized carbons (Fsp3) is 0.450. The minimum absolute atomic E-state index is 0.110. The lowest BCUT2D eigenvalue weighted by molar-refractivity contribution is -0.137. The number of carbonyl (C=O) groups is 2. The van der Waals surface area contributed by atoms with Crippen molar-refractivity contribution in [3.63, 3.8) is 0 Å². The molecule has 0 saturated carbocycles. The monoisotopic (exact) mass is 435 g/mol. The van der Waals surface area contributed by atoms with Crippen LogP contribution in [-0.4, -0.2) is 46.8 Å². The summed E-state index contributed by atoms with van der Waals surface area (Å²) in [5.74, 6) is 0.284. The van der Waals surface area contributed by atoms with Gasteiger partial charge >= 0.3 is 5.97 Å². The molecule has 7 nitrogen and oxygen atoms in total. The van der Waals surface area contributed by atoms with Crippen LogP contribution in [-0.2, 0) is 14.3 Å². The van der Waals surface area contributed by atoms with Crippen molar-refractivity contribution in [1.29, 1.82) is 0 Å². The molecule has 1 aromatic carbocycles. The number of Topliss-reactive ketones (excluding diaryl/α,β-unsaturated/α-hetero) is 1. The minimum atomic E-state index is -0.803. The number of hydrazone groups is 1. The molecule has 29 heavy (non-hydrogen) atoms. The summed E-state index contributed by atoms with van der Waals surface area (Å²) in [7, 11) is 3.55. The van der Waals surface area contributed by atoms with Crippen molar-refractivity contribution < 1.29 is 19.1 Å². The number of benzene rings is 1. The van der Waals surface area contributed by atoms with Gasteiger partial charge in [0.05, 0.1) is 19.4 Å². The molecule has 0 amide bonds. The largest absolute Gasteiger partial charge is 0.497 e. The zero-order valence-corrected chi connectivity index (χ0v) is 18.9. The maximum atomic E-state index is 12.7. The van der Waals surface area contributed by atoms with E-state index >= 15 is 0 Å². The second-order valence-corrected chi connectivity index (χ2v) is 9.13. The molecule has 0 saturated heterocycles. The molecule has 1 aromatic rings. The summed E-state index contributed by atoms with van der Waals surface area (Å²) in [4.78, 5) is 27.5. The number of esters is 1. The summed E-state index contributed by atoms with van der Waals surface area (Å²) in [6, 6.07) is 7.48. The van der Waals surface area contributed by atoms with E-state index in [4.69, 9.17) is 9.47 Å². The molecule has 0 radical (unpaired) electrons. The van der Waals surface area contributed by atoms with Gasteiger partial charge in [-0.25, -0.2) is 9.80 Å². The van der Waals surface area contributed by atoms with Crippen LogP contribution in [0.5, 0.6) is 5.75 Å². The molecule has 156 valence electrons. The minimum Gasteiger partial charge on any atom is -0.497 e. The number of allylic oxidation sites excluding steroid dienone is 1. The van der Waals surface area contributed by atoms with E-state index in [9.17, 15) is 9.59 Å². The Kier molecular flexibility index (Phi) is 6.48. The Bertz CT molecular complexity index is 869. The topological polar surface area (TPSA) is 71.4 Å². The van der Waals surface area contributed by atoms with Crippen LogP contribution in [0.1, 0.15) is 33.6 Å². The molecule has 1 atom stereocenters. The van der Waals surface area contributed by atoms with Crippen molar-refractivity contribution in [3.05, 3.63) is 34.9 Å². The maximum Gasteiger partial charge on any atom is 0.346 e. The third kappa shape index (κ3) is 3.85. The number of ketones is 1. The first kappa shape index (κ1) is 21.6. The van der Waals surface area contributed by atoms with E-state index in [2.05, 4.69) is 12.0 Å². The molecule has 9 heteroatoms. The van der Waals surface area contributed by atoms with Gasteiger partial charge in [0.25, 0.3) is 0 Å². The number of anilines is 1. The quantitative estimate of drug-likeness (QED) is 0.595. The van der Waals surface area contributed by atoms with Crippen LogP contribution in [0.2, 0.25) is 0 Å². The highest BCUT2D eigenvalue weighted by atomic mass is 32.2. The van der Waals surface area contributed by atoms with E-state index in [1.807, 2.05) is 36.2 Å². The highest BCUT2D eigenvalue weighted by Gasteiger charge is 2.56. The Morgan fingerprint density at radius 3 is 2.41 bits per heavy atom. The molecular formula is C20H25N3O4S2. The highest BCUT2D eigenvalue weighted by molar-refractivity contribution is 8.28. The van der Waals surface area contributed by atoms with E-state index in [1.165, 1.54) is 30.4 Å². The van der Waals surface area contributed by atoms with Gasteiger partial charge in [-0.2, -0.15) is 5.10 Å². The number of carbonyl (C=O) groups excluding carboxylic acids is 2. The number of ether oxygens (including phenoxy) is 2. The Labute approximate surface area is 179 Å². The summed E-state index contributed by atoms with van der Waals surface area (Å²) < 4.78 is 9.76. The molecule has 0 aliphatic carbocycles. The van der Waals surface area contributed by atoms with Gasteiger partial charge in [-0.05, 0) is 49.4 Å². The predicted molar refractivity (Wildman–Crippen MR) is 118 cm³/mol. The molecule has 0 unspecified atom stereocenters. The SMILES string of the molecule is CCCC1=C(C(=O)OCC)S[C@]2(SC(C(C)=O)=NN2c2ccc(OC)cc2)N1C. The number of rotatable bonds is 7. The Balaban J connectivity index is 2.05. The van der Waals surface area contributed by atoms with E-state index in [-0.39, 0.29) is 11.8 Å². The lowest BCUT2D eigenvalue weighted by atomic mass is 10.2. The second kappa shape index (κ2) is 8.71. The standard InChI is InChI=1S/C20H25N3O4S2/c1-6-8-16-17(19(25)27-7-2)28-20(22(16)4)23(21-18(29-20)13(3)24)14-9-11-15(26-5)12-10-14/h9-12H,6-8H2,1-5H3/t20-/m0/s1. The maximum absolute atomic E-state index is 12.7. The number of hydrogen-bond acceptors (Lipinski definition) is 9. The first-order valence-corrected chi connectivity index (χ1v) is 11.1. The van der Waals surface area contributed by atoms with Crippen molar-refractivity contribution in [2.24, 2.45) is 5.10 Å². The molecule has 0 fully saturated rings. The molecule has 0 aromatic heterocycles. The number of thioether (sulfide) groups is 2. The summed E-state index contributed by atoms with van der Waals surface area (Å²) >= 11 is 2.73. The fourth-order valence-corrected chi connectivity index (χ4v) is 6.06. The van der Waals surface area contributed by atoms with Gasteiger partial charge in [0.15, 0.2) is 10.8 Å². The van der Waals surface area contributed by atoms with Gasteiger partial charge in [-0.1, -0.05) is 25.1 Å². The Morgan fingerprint density at radius 2 is 1.86 bits per heavy atom. The smallest absolute Gasteiger partial charge is 0.346 e. The van der Waals surface area contributed by atoms with Crippen LogP contribution in [0.15, 0.2) is 40.0 Å². The molecule has 0 bridgehead atoms. The van der Waals surface area contributed by atoms with Gasteiger partial charge < -0.3 is 14.4 Å². The zero-order valence-electron chi connectivity index (χ0n) is 17.2. The number of nitrogens with zero attached hydrogens (tertiary/aromatic N) is 3. The van der Waals surface area contributed by atoms with Gasteiger partial charge in [0.2, 0.25) is 4.33 Å². The summed E-state index contributed by atoms with van der Waals surface area (Å²) in [6.45, 7) is 5.68. The van der Waals surface area contributed by atoms with E-state index in [1.54, 1.807) is 19.0 Å². The first-order valence-electron chi connectivity index (χ1n) is 9.43. The summed E-state index contributed by atoms with van der Waals surface area (Å²) in [6.07, 6.45) is 1.61. The van der Waals surface area contributed by atoms with E-state index < -0.39 is 4.33 Å². The van der Waals surface area contributed by atoms with Gasteiger partial charge in [0, 0.05) is 19.7 Å². The van der Waals surface area contributed by atoms with Crippen LogP contribution in [0.25, 0.3) is 0 Å². The van der Waals surface area contributed by atoms with Crippen LogP contribution >= 0.6 is 23.5 Å². The average molecular weight is 436 g/mol. The van der Waals surface area contributed by atoms with Crippen LogP contribution in [0, 0.1) is 0 Å². The van der Waals surface area contributed by atoms with Gasteiger partial charge in [0.1, 0.15) is 10.7 Å². The van der Waals surface area contributed by atoms with Crippen LogP contribution in [0.4, 0.5) is 5.69 Å². The molecule has 2 aliphatic rings. The molecule has 1 spiro atoms. The van der Waals surface area contributed by atoms with E-state index in [0.29, 0.717) is 16.6 Å². The third-order valence-electron chi connectivity index (χ3n) is 4.58. The van der Waals surface area contributed by atoms with Gasteiger partial charge in [-0.3, -0.25) is 4.79 Å². The Hall–Kier alpha value is -2.13. The molecule has 2 heterocycles. The Morgan fingerprint density at radius 1 is 1.17 bits per heavy atom. The lowest BCUT2D eigenvalue weighted by Gasteiger charge is -2.39. The summed E-state index contributed by atoms with van der Waals surface area (Å²) in [5.41, 5.74) is 1.71. The first-order chi connectivity index (χ1) is 13.9. The normalized spacial score (nSPS) is 21.1. The van der Waals surface area contributed by atoms with Crippen molar-refractivity contribution in [2.45, 2.75) is 37.9 Å². The zero-order chi connectivity index (χ0) is 21.2. The lowest BCUT2D eigenvalue weighted by Crippen LogP contribution is -2.47. The summed E-state index contributed by atoms with van der Waals surface area (Å²) in [5, 5.41) is 6.82. The highest BCUT2D eigenvalue weighted by Crippen LogP contribution is 2.59. The molecular weight excluding hydrogens is 410 g/mol. The molecule has 0 N–H and O–H groups in total. The average Bonchev–Trinajstić information content (AvgIpc) is 3.23. The molecule has 2 aliphatic heterocycles. The fourth-order valence-electron chi connectivity index (χ4n) is 3.16. The molecule has 3 rings (SSSR count). The van der Waals surface area contributed by atoms with Crippen molar-refractivity contribution in [3.8, 4) is 5.75 Å². The van der Waals surface area contributed by atoms with Crippen LogP contribution in [0.3, 0.4) is 0 Å². The van der Waals surface area contributed by atoms with Crippen molar-refractivity contribution in [1.82, 2.24) is 4.90 Å². The van der Waals surface area contributed by atoms with Crippen molar-refractivity contribution in [2.75, 3.05) is 25.8 Å².